The quantitative estimate of drug-likeness (QED) is 0.320. The molecule has 2 rings (SSSR count). The number of guanidine groups is 1. The number of aliphatic imine (C=N–C) groups is 1. The number of aryl methyl sites for hydroxylation is 1. The van der Waals surface area contributed by atoms with Gasteiger partial charge in [0.05, 0.1) is 0 Å². The van der Waals surface area contributed by atoms with Crippen molar-refractivity contribution >= 4 is 11.9 Å². The van der Waals surface area contributed by atoms with Gasteiger partial charge in [-0.05, 0) is 37.1 Å². The van der Waals surface area contributed by atoms with E-state index in [-0.39, 0.29) is 18.2 Å². The van der Waals surface area contributed by atoms with Crippen LogP contribution >= 0.6 is 0 Å². The van der Waals surface area contributed by atoms with E-state index in [1.54, 1.807) is 50.4 Å². The number of halogens is 3. The number of hydrogen-bond donors (Lipinski definition) is 3. The first kappa shape index (κ1) is 24.0. The van der Waals surface area contributed by atoms with Crippen LogP contribution in [0.4, 0.5) is 13.2 Å². The third-order valence-corrected chi connectivity index (χ3v) is 4.25. The molecule has 0 aliphatic carbocycles. The molecule has 0 aliphatic heterocycles. The van der Waals surface area contributed by atoms with Gasteiger partial charge in [-0.15, -0.1) is 0 Å². The minimum atomic E-state index is -4.40. The molecular formula is C22H27F3N4O2. The van der Waals surface area contributed by atoms with Crippen molar-refractivity contribution in [3.63, 3.8) is 0 Å². The molecule has 0 heterocycles. The molecule has 2 aromatic carbocycles. The molecule has 0 bridgehead atoms. The number of ether oxygens (including phenoxy) is 1. The largest absolute Gasteiger partial charge is 0.484 e. The van der Waals surface area contributed by atoms with Gasteiger partial charge in [-0.1, -0.05) is 30.3 Å². The highest BCUT2D eigenvalue weighted by Crippen LogP contribution is 2.23. The van der Waals surface area contributed by atoms with Gasteiger partial charge >= 0.3 is 6.18 Å². The Balaban J connectivity index is 1.76. The van der Waals surface area contributed by atoms with Crippen molar-refractivity contribution in [2.45, 2.75) is 26.1 Å². The average molecular weight is 436 g/mol. The summed E-state index contributed by atoms with van der Waals surface area (Å²) in [6.45, 7) is 1.74. The van der Waals surface area contributed by atoms with Crippen LogP contribution in [0, 0.1) is 6.92 Å². The lowest BCUT2D eigenvalue weighted by Crippen LogP contribution is -2.38. The number of nitrogens with one attached hydrogen (secondary N) is 3. The maximum atomic E-state index is 12.5. The number of rotatable bonds is 9. The highest BCUT2D eigenvalue weighted by Gasteiger charge is 2.28. The van der Waals surface area contributed by atoms with Crippen molar-refractivity contribution in [1.82, 2.24) is 16.0 Å². The molecule has 0 saturated heterocycles. The summed E-state index contributed by atoms with van der Waals surface area (Å²) in [6, 6.07) is 14.1. The Hall–Kier alpha value is -3.23. The van der Waals surface area contributed by atoms with Crippen molar-refractivity contribution in [1.29, 1.82) is 0 Å². The van der Waals surface area contributed by atoms with Crippen LogP contribution in [0.5, 0.6) is 5.75 Å². The molecule has 0 aromatic heterocycles. The summed E-state index contributed by atoms with van der Waals surface area (Å²) in [7, 11) is 1.60. The zero-order valence-electron chi connectivity index (χ0n) is 17.6. The zero-order valence-corrected chi connectivity index (χ0v) is 17.6. The van der Waals surface area contributed by atoms with Crippen LogP contribution in [-0.4, -0.2) is 44.8 Å². The first-order chi connectivity index (χ1) is 14.8. The SMILES string of the molecule is CN=C(NCCCNC(=O)c1ccccc1)NCc1ccc(C)cc1OCC(F)(F)F. The molecule has 0 radical (unpaired) electrons. The smallest absolute Gasteiger partial charge is 0.422 e. The van der Waals surface area contributed by atoms with Gasteiger partial charge < -0.3 is 20.7 Å². The monoisotopic (exact) mass is 436 g/mol. The Morgan fingerprint density at radius 2 is 1.74 bits per heavy atom. The molecule has 0 spiro atoms. The van der Waals surface area contributed by atoms with Gasteiger partial charge in [-0.25, -0.2) is 0 Å². The second-order valence-electron chi connectivity index (χ2n) is 6.84. The zero-order chi connectivity index (χ0) is 22.7. The number of benzene rings is 2. The van der Waals surface area contributed by atoms with Crippen molar-refractivity contribution in [2.24, 2.45) is 4.99 Å². The van der Waals surface area contributed by atoms with E-state index in [4.69, 9.17) is 4.74 Å². The topological polar surface area (TPSA) is 74.8 Å². The van der Waals surface area contributed by atoms with Gasteiger partial charge in [0.2, 0.25) is 0 Å². The first-order valence-electron chi connectivity index (χ1n) is 9.85. The van der Waals surface area contributed by atoms with Crippen LogP contribution in [-0.2, 0) is 6.54 Å². The van der Waals surface area contributed by atoms with E-state index in [0.29, 0.717) is 36.6 Å². The van der Waals surface area contributed by atoms with Crippen molar-refractivity contribution in [3.8, 4) is 5.75 Å². The fraction of sp³-hybridized carbons (Fsp3) is 0.364. The van der Waals surface area contributed by atoms with E-state index in [1.165, 1.54) is 0 Å². The molecule has 0 atom stereocenters. The van der Waals surface area contributed by atoms with Gasteiger partial charge in [-0.3, -0.25) is 9.79 Å². The van der Waals surface area contributed by atoms with Crippen molar-refractivity contribution < 1.29 is 22.7 Å². The lowest BCUT2D eigenvalue weighted by atomic mass is 10.1. The van der Waals surface area contributed by atoms with E-state index in [9.17, 15) is 18.0 Å². The molecule has 2 aromatic rings. The lowest BCUT2D eigenvalue weighted by Gasteiger charge is -2.16. The number of hydrogen-bond acceptors (Lipinski definition) is 3. The number of carbonyl (C=O) groups excluding carboxylic acids is 1. The normalized spacial score (nSPS) is 11.7. The first-order valence-corrected chi connectivity index (χ1v) is 9.85. The van der Waals surface area contributed by atoms with Gasteiger partial charge in [-0.2, -0.15) is 13.2 Å². The van der Waals surface area contributed by atoms with Crippen molar-refractivity contribution in [2.75, 3.05) is 26.7 Å². The van der Waals surface area contributed by atoms with Crippen LogP contribution in [0.25, 0.3) is 0 Å². The minimum Gasteiger partial charge on any atom is -0.484 e. The van der Waals surface area contributed by atoms with Crippen LogP contribution in [0.1, 0.15) is 27.9 Å². The maximum absolute atomic E-state index is 12.5. The molecule has 168 valence electrons. The molecule has 6 nitrogen and oxygen atoms in total. The molecule has 0 unspecified atom stereocenters. The Morgan fingerprint density at radius 1 is 1.03 bits per heavy atom. The fourth-order valence-corrected chi connectivity index (χ4v) is 2.69. The molecule has 9 heteroatoms. The van der Waals surface area contributed by atoms with Gasteiger partial charge in [0.25, 0.3) is 5.91 Å². The third kappa shape index (κ3) is 8.98. The highest BCUT2D eigenvalue weighted by atomic mass is 19.4. The summed E-state index contributed by atoms with van der Waals surface area (Å²) >= 11 is 0. The van der Waals surface area contributed by atoms with Gasteiger partial charge in [0.1, 0.15) is 5.75 Å². The number of amides is 1. The third-order valence-electron chi connectivity index (χ3n) is 4.25. The predicted octanol–water partition coefficient (Wildman–Crippen LogP) is 3.42. The summed E-state index contributed by atoms with van der Waals surface area (Å²) in [4.78, 5) is 16.1. The van der Waals surface area contributed by atoms with E-state index in [1.807, 2.05) is 12.1 Å². The van der Waals surface area contributed by atoms with Crippen molar-refractivity contribution in [3.05, 3.63) is 65.2 Å². The summed E-state index contributed by atoms with van der Waals surface area (Å²) in [5.41, 5.74) is 2.00. The summed E-state index contributed by atoms with van der Waals surface area (Å²) in [5.74, 6) is 0.550. The average Bonchev–Trinajstić information content (AvgIpc) is 2.75. The second kappa shape index (κ2) is 11.8. The van der Waals surface area contributed by atoms with E-state index in [0.717, 1.165) is 5.56 Å². The lowest BCUT2D eigenvalue weighted by molar-refractivity contribution is -0.153. The predicted molar refractivity (Wildman–Crippen MR) is 114 cm³/mol. The number of nitrogens with zero attached hydrogens (tertiary/aromatic N) is 1. The Labute approximate surface area is 179 Å². The molecule has 0 aliphatic rings. The summed E-state index contributed by atoms with van der Waals surface area (Å²) < 4.78 is 42.4. The Kier molecular flexibility index (Phi) is 9.17. The summed E-state index contributed by atoms with van der Waals surface area (Å²) in [5, 5.41) is 9.01. The molecule has 1 amide bonds. The molecule has 0 saturated carbocycles. The van der Waals surface area contributed by atoms with E-state index < -0.39 is 12.8 Å². The number of alkyl halides is 3. The van der Waals surface area contributed by atoms with Crippen LogP contribution in [0.2, 0.25) is 0 Å². The fourth-order valence-electron chi connectivity index (χ4n) is 2.69. The van der Waals surface area contributed by atoms with Crippen LogP contribution in [0.15, 0.2) is 53.5 Å². The van der Waals surface area contributed by atoms with Crippen LogP contribution < -0.4 is 20.7 Å². The molecular weight excluding hydrogens is 409 g/mol. The molecule has 3 N–H and O–H groups in total. The summed E-state index contributed by atoms with van der Waals surface area (Å²) in [6.07, 6.45) is -3.73. The van der Waals surface area contributed by atoms with Gasteiger partial charge in [0.15, 0.2) is 12.6 Å². The highest BCUT2D eigenvalue weighted by molar-refractivity contribution is 5.94. The van der Waals surface area contributed by atoms with Gasteiger partial charge in [0, 0.05) is 37.8 Å². The standard InChI is InChI=1S/C22H27F3N4O2/c1-16-9-10-18(19(13-16)31-15-22(23,24)25)14-29-21(26-2)28-12-6-11-27-20(30)17-7-4-3-5-8-17/h3-5,7-10,13H,6,11-12,14-15H2,1-2H3,(H,27,30)(H2,26,28,29). The number of carbonyl (C=O) groups is 1. The molecule has 0 fully saturated rings. The van der Waals surface area contributed by atoms with E-state index in [2.05, 4.69) is 20.9 Å². The maximum Gasteiger partial charge on any atom is 0.422 e. The Bertz CT molecular complexity index is 871. The minimum absolute atomic E-state index is 0.131. The second-order valence-corrected chi connectivity index (χ2v) is 6.84. The van der Waals surface area contributed by atoms with Crippen LogP contribution in [0.3, 0.4) is 0 Å². The van der Waals surface area contributed by atoms with E-state index >= 15 is 0 Å². The molecule has 31 heavy (non-hydrogen) atoms. The Morgan fingerprint density at radius 3 is 2.42 bits per heavy atom.